The van der Waals surface area contributed by atoms with Crippen molar-refractivity contribution in [2.75, 3.05) is 11.4 Å². The quantitative estimate of drug-likeness (QED) is 0.661. The molecule has 0 fully saturated rings. The van der Waals surface area contributed by atoms with E-state index in [1.807, 2.05) is 6.07 Å². The van der Waals surface area contributed by atoms with E-state index in [1.165, 1.54) is 15.8 Å². The van der Waals surface area contributed by atoms with Gasteiger partial charge in [-0.3, -0.25) is 9.29 Å². The van der Waals surface area contributed by atoms with E-state index in [0.717, 1.165) is 5.56 Å². The van der Waals surface area contributed by atoms with E-state index in [0.29, 0.717) is 17.1 Å². The lowest BCUT2D eigenvalue weighted by Crippen LogP contribution is -2.30. The highest BCUT2D eigenvalue weighted by atomic mass is 32.2. The molecule has 0 aliphatic carbocycles. The maximum absolute atomic E-state index is 13.2. The number of pyridine rings is 1. The molecular formula is C17H17N3O3S2. The number of nitrogens with zero attached hydrogens (tertiary/aromatic N) is 3. The molecule has 0 saturated heterocycles. The molecule has 2 aromatic heterocycles. The summed E-state index contributed by atoms with van der Waals surface area (Å²) in [6.45, 7) is 1.98. The Bertz CT molecular complexity index is 939. The van der Waals surface area contributed by atoms with Gasteiger partial charge in [0.15, 0.2) is 0 Å². The van der Waals surface area contributed by atoms with Crippen molar-refractivity contribution in [3.8, 4) is 5.75 Å². The van der Waals surface area contributed by atoms with E-state index in [1.54, 1.807) is 62.1 Å². The Labute approximate surface area is 150 Å². The molecule has 25 heavy (non-hydrogen) atoms. The van der Waals surface area contributed by atoms with E-state index >= 15 is 0 Å². The second kappa shape index (κ2) is 7.20. The normalized spacial score (nSPS) is 11.3. The summed E-state index contributed by atoms with van der Waals surface area (Å²) in [7, 11) is -2.21. The molecule has 1 aromatic carbocycles. The van der Waals surface area contributed by atoms with Gasteiger partial charge in [0.05, 0.1) is 29.9 Å². The summed E-state index contributed by atoms with van der Waals surface area (Å²) in [6.07, 6.45) is 3.31. The lowest BCUT2D eigenvalue weighted by molar-refractivity contribution is 0.414. The summed E-state index contributed by atoms with van der Waals surface area (Å²) in [6, 6.07) is 9.98. The molecule has 2 heterocycles. The van der Waals surface area contributed by atoms with Crippen molar-refractivity contribution in [2.45, 2.75) is 18.4 Å². The summed E-state index contributed by atoms with van der Waals surface area (Å²) in [4.78, 5) is 4.26. The number of methoxy groups -OCH3 is 1. The molecule has 0 unspecified atom stereocenters. The highest BCUT2D eigenvalue weighted by Crippen LogP contribution is 2.30. The van der Waals surface area contributed by atoms with Crippen LogP contribution in [0.25, 0.3) is 0 Å². The van der Waals surface area contributed by atoms with Gasteiger partial charge < -0.3 is 4.74 Å². The van der Waals surface area contributed by atoms with Crippen molar-refractivity contribution in [1.29, 1.82) is 0 Å². The van der Waals surface area contributed by atoms with Gasteiger partial charge in [0.2, 0.25) is 0 Å². The fourth-order valence-corrected chi connectivity index (χ4v) is 4.62. The molecule has 0 aliphatic heterocycles. The van der Waals surface area contributed by atoms with Crippen molar-refractivity contribution >= 4 is 27.2 Å². The molecule has 0 aliphatic rings. The van der Waals surface area contributed by atoms with Crippen LogP contribution in [0, 0.1) is 6.92 Å². The summed E-state index contributed by atoms with van der Waals surface area (Å²) in [5.41, 5.74) is 2.04. The second-order valence-corrected chi connectivity index (χ2v) is 7.83. The van der Waals surface area contributed by atoms with E-state index in [9.17, 15) is 8.42 Å². The van der Waals surface area contributed by atoms with Crippen LogP contribution in [0.3, 0.4) is 0 Å². The number of rotatable bonds is 6. The zero-order chi connectivity index (χ0) is 17.9. The van der Waals surface area contributed by atoms with Gasteiger partial charge >= 0.3 is 0 Å². The Balaban J connectivity index is 2.04. The van der Waals surface area contributed by atoms with Crippen LogP contribution in [0.5, 0.6) is 5.75 Å². The summed E-state index contributed by atoms with van der Waals surface area (Å²) >= 11 is 1.23. The first-order valence-electron chi connectivity index (χ1n) is 7.49. The SMILES string of the molecule is COc1ccc(S(=O)(=O)N(Cc2cccnc2)c2csnc2C)cc1. The third-order valence-electron chi connectivity index (χ3n) is 3.69. The van der Waals surface area contributed by atoms with Gasteiger partial charge in [-0.25, -0.2) is 8.42 Å². The lowest BCUT2D eigenvalue weighted by atomic mass is 10.3. The van der Waals surface area contributed by atoms with Crippen LogP contribution in [0.1, 0.15) is 11.3 Å². The van der Waals surface area contributed by atoms with Crippen molar-refractivity contribution in [2.24, 2.45) is 0 Å². The average molecular weight is 375 g/mol. The molecule has 0 saturated carbocycles. The van der Waals surface area contributed by atoms with Crippen molar-refractivity contribution in [3.05, 3.63) is 65.4 Å². The van der Waals surface area contributed by atoms with Gasteiger partial charge in [-0.15, -0.1) is 0 Å². The largest absolute Gasteiger partial charge is 0.497 e. The first-order chi connectivity index (χ1) is 12.0. The maximum Gasteiger partial charge on any atom is 0.264 e. The summed E-state index contributed by atoms with van der Waals surface area (Å²) < 4.78 is 37.1. The molecule has 3 rings (SSSR count). The molecule has 0 bridgehead atoms. The zero-order valence-corrected chi connectivity index (χ0v) is 15.4. The van der Waals surface area contributed by atoms with Gasteiger partial charge in [-0.05, 0) is 54.4 Å². The predicted octanol–water partition coefficient (Wildman–Crippen LogP) is 3.25. The second-order valence-electron chi connectivity index (χ2n) is 5.33. The molecule has 8 heteroatoms. The predicted molar refractivity (Wildman–Crippen MR) is 97.5 cm³/mol. The average Bonchev–Trinajstić information content (AvgIpc) is 3.06. The highest BCUT2D eigenvalue weighted by Gasteiger charge is 2.27. The first-order valence-corrected chi connectivity index (χ1v) is 9.76. The van der Waals surface area contributed by atoms with Crippen molar-refractivity contribution < 1.29 is 13.2 Å². The minimum Gasteiger partial charge on any atom is -0.497 e. The number of anilines is 1. The van der Waals surface area contributed by atoms with E-state index < -0.39 is 10.0 Å². The van der Waals surface area contributed by atoms with Crippen LogP contribution in [-0.4, -0.2) is 24.9 Å². The molecule has 6 nitrogen and oxygen atoms in total. The molecule has 3 aromatic rings. The minimum atomic E-state index is -3.75. The Morgan fingerprint density at radius 3 is 2.52 bits per heavy atom. The van der Waals surface area contributed by atoms with Crippen LogP contribution in [0.2, 0.25) is 0 Å². The van der Waals surface area contributed by atoms with Crippen LogP contribution < -0.4 is 9.04 Å². The molecule has 130 valence electrons. The topological polar surface area (TPSA) is 72.4 Å². The van der Waals surface area contributed by atoms with Crippen LogP contribution in [-0.2, 0) is 16.6 Å². The molecule has 0 radical (unpaired) electrons. The standard InChI is InChI=1S/C17H17N3O3S2/c1-13-17(12-24-19-13)20(11-14-4-3-9-18-10-14)25(21,22)16-7-5-15(23-2)6-8-16/h3-10,12H,11H2,1-2H3. The van der Waals surface area contributed by atoms with Crippen molar-refractivity contribution in [3.63, 3.8) is 0 Å². The smallest absolute Gasteiger partial charge is 0.264 e. The number of ether oxygens (including phenoxy) is 1. The fraction of sp³-hybridized carbons (Fsp3) is 0.176. The molecule has 0 atom stereocenters. The molecule has 0 amide bonds. The summed E-state index contributed by atoms with van der Waals surface area (Å²) in [5.74, 6) is 0.603. The first kappa shape index (κ1) is 17.4. The van der Waals surface area contributed by atoms with Gasteiger partial charge in [0, 0.05) is 17.8 Å². The number of benzene rings is 1. The Hall–Kier alpha value is -2.45. The minimum absolute atomic E-state index is 0.182. The Morgan fingerprint density at radius 2 is 1.96 bits per heavy atom. The monoisotopic (exact) mass is 375 g/mol. The van der Waals surface area contributed by atoms with Gasteiger partial charge in [-0.2, -0.15) is 4.37 Å². The Morgan fingerprint density at radius 1 is 1.20 bits per heavy atom. The van der Waals surface area contributed by atoms with Gasteiger partial charge in [0.1, 0.15) is 5.75 Å². The third-order valence-corrected chi connectivity index (χ3v) is 6.17. The van der Waals surface area contributed by atoms with E-state index in [-0.39, 0.29) is 11.4 Å². The lowest BCUT2D eigenvalue weighted by Gasteiger charge is -2.24. The number of aromatic nitrogens is 2. The number of aryl methyl sites for hydroxylation is 1. The van der Waals surface area contributed by atoms with Gasteiger partial charge in [-0.1, -0.05) is 6.07 Å². The summed E-state index contributed by atoms with van der Waals surface area (Å²) in [5, 5.41) is 1.74. The molecular weight excluding hydrogens is 358 g/mol. The molecule has 0 N–H and O–H groups in total. The van der Waals surface area contributed by atoms with Crippen LogP contribution >= 0.6 is 11.5 Å². The van der Waals surface area contributed by atoms with Crippen LogP contribution in [0.4, 0.5) is 5.69 Å². The van der Waals surface area contributed by atoms with Crippen LogP contribution in [0.15, 0.2) is 59.1 Å². The fourth-order valence-electron chi connectivity index (χ4n) is 2.36. The molecule has 0 spiro atoms. The number of sulfonamides is 1. The Kier molecular flexibility index (Phi) is 5.00. The number of hydrogen-bond acceptors (Lipinski definition) is 6. The van der Waals surface area contributed by atoms with E-state index in [4.69, 9.17) is 4.74 Å². The zero-order valence-electron chi connectivity index (χ0n) is 13.8. The maximum atomic E-state index is 13.2. The van der Waals surface area contributed by atoms with Gasteiger partial charge in [0.25, 0.3) is 10.0 Å². The highest BCUT2D eigenvalue weighted by molar-refractivity contribution is 7.92. The third kappa shape index (κ3) is 3.64. The van der Waals surface area contributed by atoms with Crippen molar-refractivity contribution in [1.82, 2.24) is 9.36 Å². The van der Waals surface area contributed by atoms with E-state index in [2.05, 4.69) is 9.36 Å². The number of hydrogen-bond donors (Lipinski definition) is 0.